The highest BCUT2D eigenvalue weighted by atomic mass is 32.2. The molecular weight excluding hydrogens is 585 g/mol. The molecule has 0 bridgehead atoms. The lowest BCUT2D eigenvalue weighted by molar-refractivity contribution is 1.40. The van der Waals surface area contributed by atoms with Gasteiger partial charge in [-0.3, -0.25) is 0 Å². The highest BCUT2D eigenvalue weighted by Gasteiger charge is 2.24. The van der Waals surface area contributed by atoms with Crippen LogP contribution in [0.4, 0.5) is 0 Å². The second-order valence-corrected chi connectivity index (χ2v) is 13.4. The molecule has 0 saturated carbocycles. The monoisotopic (exact) mass is 612 g/mol. The molecule has 0 spiro atoms. The zero-order valence-corrected chi connectivity index (χ0v) is 26.4. The summed E-state index contributed by atoms with van der Waals surface area (Å²) in [5.74, 6) is 0. The maximum Gasteiger partial charge on any atom is 0.0207 e. The van der Waals surface area contributed by atoms with Crippen LogP contribution in [0.15, 0.2) is 180 Å². The Labute approximate surface area is 278 Å². The maximum absolute atomic E-state index is 2.38. The minimum atomic E-state index is 1.24. The Hall–Kier alpha value is -5.63. The Bertz CT molecular complexity index is 2690. The third-order valence-electron chi connectivity index (χ3n) is 9.86. The van der Waals surface area contributed by atoms with E-state index in [4.69, 9.17) is 0 Å². The fraction of sp³-hybridized carbons (Fsp3) is 0. The molecule has 0 fully saturated rings. The number of benzene rings is 9. The molecule has 9 aromatic carbocycles. The third-order valence-corrected chi connectivity index (χ3v) is 11.0. The minimum absolute atomic E-state index is 1.24. The van der Waals surface area contributed by atoms with Crippen molar-refractivity contribution in [3.63, 3.8) is 0 Å². The van der Waals surface area contributed by atoms with Gasteiger partial charge in [0.1, 0.15) is 0 Å². The maximum atomic E-state index is 2.38. The molecule has 0 radical (unpaired) electrons. The van der Waals surface area contributed by atoms with Gasteiger partial charge in [0, 0.05) is 15.2 Å². The first kappa shape index (κ1) is 26.6. The van der Waals surface area contributed by atoms with Crippen LogP contribution in [0.3, 0.4) is 0 Å². The number of rotatable bonds is 3. The van der Waals surface area contributed by atoms with Gasteiger partial charge in [-0.15, -0.1) is 0 Å². The van der Waals surface area contributed by atoms with Gasteiger partial charge in [0.2, 0.25) is 0 Å². The predicted octanol–water partition coefficient (Wildman–Crippen LogP) is 13.4. The lowest BCUT2D eigenvalue weighted by Crippen LogP contribution is -1.96. The molecule has 1 aliphatic rings. The fourth-order valence-corrected chi connectivity index (χ4v) is 9.03. The van der Waals surface area contributed by atoms with Crippen molar-refractivity contribution in [1.82, 2.24) is 0 Å². The molecule has 0 aromatic heterocycles. The summed E-state index contributed by atoms with van der Waals surface area (Å²) in [5.41, 5.74) is 10.3. The van der Waals surface area contributed by atoms with E-state index < -0.39 is 0 Å². The SMILES string of the molecule is c1ccc(-c2cccc3c2ccc2c(-c4ccccc4)c4ccccc4c(-c4ccc5c6c(cccc46)-c4ccccc4S5)c23)cc1. The highest BCUT2D eigenvalue weighted by Crippen LogP contribution is 2.53. The predicted molar refractivity (Wildman–Crippen MR) is 202 cm³/mol. The largest absolute Gasteiger partial charge is 0.0888 e. The summed E-state index contributed by atoms with van der Waals surface area (Å²) in [5, 5.41) is 10.3. The molecule has 0 saturated heterocycles. The van der Waals surface area contributed by atoms with E-state index in [1.165, 1.54) is 97.4 Å². The van der Waals surface area contributed by atoms with Crippen molar-refractivity contribution in [2.75, 3.05) is 0 Å². The van der Waals surface area contributed by atoms with Crippen molar-refractivity contribution in [3.8, 4) is 44.5 Å². The van der Waals surface area contributed by atoms with Crippen LogP contribution in [0.1, 0.15) is 0 Å². The molecule has 0 N–H and O–H groups in total. The van der Waals surface area contributed by atoms with Crippen LogP contribution < -0.4 is 0 Å². The zero-order valence-electron chi connectivity index (χ0n) is 25.6. The van der Waals surface area contributed by atoms with Gasteiger partial charge in [0.25, 0.3) is 0 Å². The average molecular weight is 613 g/mol. The quantitative estimate of drug-likeness (QED) is 0.141. The van der Waals surface area contributed by atoms with Gasteiger partial charge in [0.05, 0.1) is 0 Å². The van der Waals surface area contributed by atoms with Crippen molar-refractivity contribution in [2.24, 2.45) is 0 Å². The van der Waals surface area contributed by atoms with Crippen LogP contribution in [0.5, 0.6) is 0 Å². The van der Waals surface area contributed by atoms with Gasteiger partial charge in [0.15, 0.2) is 0 Å². The van der Waals surface area contributed by atoms with Gasteiger partial charge >= 0.3 is 0 Å². The molecule has 0 nitrogen and oxygen atoms in total. The number of fused-ring (bicyclic) bond motifs is 6. The molecule has 1 heterocycles. The van der Waals surface area contributed by atoms with E-state index in [0.29, 0.717) is 0 Å². The Morgan fingerprint density at radius 3 is 1.66 bits per heavy atom. The first-order chi connectivity index (χ1) is 23.3. The first-order valence-corrected chi connectivity index (χ1v) is 17.0. The van der Waals surface area contributed by atoms with Crippen molar-refractivity contribution < 1.29 is 0 Å². The van der Waals surface area contributed by atoms with E-state index in [1.807, 2.05) is 11.8 Å². The molecule has 1 heteroatoms. The molecular formula is C46H28S. The molecule has 1 aliphatic heterocycles. The smallest absolute Gasteiger partial charge is 0.0207 e. The fourth-order valence-electron chi connectivity index (χ4n) is 7.90. The number of hydrogen-bond acceptors (Lipinski definition) is 1. The Morgan fingerprint density at radius 1 is 0.255 bits per heavy atom. The van der Waals surface area contributed by atoms with E-state index in [2.05, 4.69) is 170 Å². The normalized spacial score (nSPS) is 12.2. The standard InChI is InChI=1S/C46H28S/c1-3-13-29(14-4-1)31-20-11-21-34-32(31)25-26-40-43(30-15-5-2-6-16-30)36-18-7-8-19-38(36)45(46(34)40)39-27-28-42-44-35(22-12-23-37(39)44)33-17-9-10-24-41(33)47-42/h1-28H. The van der Waals surface area contributed by atoms with Crippen LogP contribution in [0.2, 0.25) is 0 Å². The van der Waals surface area contributed by atoms with E-state index in [9.17, 15) is 0 Å². The summed E-state index contributed by atoms with van der Waals surface area (Å²) in [6.07, 6.45) is 0. The Kier molecular flexibility index (Phi) is 5.91. The zero-order chi connectivity index (χ0) is 30.9. The van der Waals surface area contributed by atoms with Crippen LogP contribution in [-0.4, -0.2) is 0 Å². The second kappa shape index (κ2) is 10.5. The van der Waals surface area contributed by atoms with Crippen LogP contribution in [0, 0.1) is 0 Å². The van der Waals surface area contributed by atoms with Crippen molar-refractivity contribution >= 4 is 54.9 Å². The summed E-state index contributed by atoms with van der Waals surface area (Å²) in [6.45, 7) is 0. The summed E-state index contributed by atoms with van der Waals surface area (Å²) < 4.78 is 0. The van der Waals surface area contributed by atoms with Crippen molar-refractivity contribution in [2.45, 2.75) is 9.79 Å². The minimum Gasteiger partial charge on any atom is -0.0888 e. The third kappa shape index (κ3) is 3.97. The Morgan fingerprint density at radius 2 is 0.851 bits per heavy atom. The second-order valence-electron chi connectivity index (χ2n) is 12.4. The van der Waals surface area contributed by atoms with Gasteiger partial charge in [-0.25, -0.2) is 0 Å². The van der Waals surface area contributed by atoms with Crippen LogP contribution >= 0.6 is 11.8 Å². The van der Waals surface area contributed by atoms with E-state index in [-0.39, 0.29) is 0 Å². The Balaban J connectivity index is 1.41. The van der Waals surface area contributed by atoms with Gasteiger partial charge in [-0.2, -0.15) is 0 Å². The summed E-state index contributed by atoms with van der Waals surface area (Å²) >= 11 is 1.89. The lowest BCUT2D eigenvalue weighted by Gasteiger charge is -2.24. The average Bonchev–Trinajstić information content (AvgIpc) is 3.14. The molecule has 47 heavy (non-hydrogen) atoms. The van der Waals surface area contributed by atoms with Crippen molar-refractivity contribution in [3.05, 3.63) is 170 Å². The molecule has 0 atom stereocenters. The lowest BCUT2D eigenvalue weighted by atomic mass is 9.82. The molecule has 0 unspecified atom stereocenters. The van der Waals surface area contributed by atoms with Gasteiger partial charge in [-0.05, 0) is 94.3 Å². The number of hydrogen-bond donors (Lipinski definition) is 0. The van der Waals surface area contributed by atoms with Gasteiger partial charge < -0.3 is 0 Å². The first-order valence-electron chi connectivity index (χ1n) is 16.2. The summed E-state index contributed by atoms with van der Waals surface area (Å²) in [6, 6.07) is 62.7. The molecule has 0 amide bonds. The van der Waals surface area contributed by atoms with Crippen LogP contribution in [-0.2, 0) is 0 Å². The van der Waals surface area contributed by atoms with Crippen molar-refractivity contribution in [1.29, 1.82) is 0 Å². The van der Waals surface area contributed by atoms with Gasteiger partial charge in [-0.1, -0.05) is 169 Å². The van der Waals surface area contributed by atoms with E-state index in [0.717, 1.165) is 0 Å². The van der Waals surface area contributed by atoms with E-state index >= 15 is 0 Å². The summed E-state index contributed by atoms with van der Waals surface area (Å²) in [4.78, 5) is 2.64. The summed E-state index contributed by atoms with van der Waals surface area (Å²) in [7, 11) is 0. The van der Waals surface area contributed by atoms with E-state index in [1.54, 1.807) is 0 Å². The van der Waals surface area contributed by atoms with Crippen LogP contribution in [0.25, 0.3) is 87.6 Å². The molecule has 218 valence electrons. The highest BCUT2D eigenvalue weighted by molar-refractivity contribution is 7.99. The molecule has 0 aliphatic carbocycles. The topological polar surface area (TPSA) is 0 Å². The molecule has 9 aromatic rings. The molecule has 10 rings (SSSR count).